The molecule has 8 heteroatoms. The molecule has 0 aromatic carbocycles. The molecule has 0 amide bonds. The molecule has 0 bridgehead atoms. The van der Waals surface area contributed by atoms with Crippen molar-refractivity contribution in [2.45, 2.75) is 36.8 Å². The molecule has 8 nitrogen and oxygen atoms in total. The van der Waals surface area contributed by atoms with E-state index in [1.54, 1.807) is 0 Å². The number of ether oxygens (including phenoxy) is 2. The summed E-state index contributed by atoms with van der Waals surface area (Å²) in [6, 6.07) is 0. The van der Waals surface area contributed by atoms with Gasteiger partial charge in [0.15, 0.2) is 6.29 Å². The molecule has 0 unspecified atom stereocenters. The molecule has 6 atom stereocenters. The highest BCUT2D eigenvalue weighted by molar-refractivity contribution is 4.88. The Balaban J connectivity index is 2.53. The van der Waals surface area contributed by atoms with E-state index in [1.807, 2.05) is 0 Å². The van der Waals surface area contributed by atoms with Gasteiger partial charge in [0, 0.05) is 0 Å². The van der Waals surface area contributed by atoms with Crippen LogP contribution in [0.4, 0.5) is 0 Å². The maximum atomic E-state index is 9.52. The summed E-state index contributed by atoms with van der Waals surface area (Å²) in [6.07, 6.45) is -7.94. The highest BCUT2D eigenvalue weighted by Crippen LogP contribution is 2.21. The first-order valence-electron chi connectivity index (χ1n) is 5.22. The van der Waals surface area contributed by atoms with Crippen molar-refractivity contribution in [2.24, 2.45) is 0 Å². The smallest absolute Gasteiger partial charge is 0.186 e. The molecular weight excluding hydrogens is 236 g/mol. The van der Waals surface area contributed by atoms with E-state index >= 15 is 0 Å². The van der Waals surface area contributed by atoms with E-state index < -0.39 is 50.0 Å². The van der Waals surface area contributed by atoms with Crippen molar-refractivity contribution in [1.82, 2.24) is 0 Å². The lowest BCUT2D eigenvalue weighted by atomic mass is 9.99. The zero-order valence-electron chi connectivity index (χ0n) is 9.09. The average molecular weight is 254 g/mol. The van der Waals surface area contributed by atoms with Crippen LogP contribution in [0.5, 0.6) is 0 Å². The van der Waals surface area contributed by atoms with Crippen LogP contribution in [0.25, 0.3) is 0 Å². The minimum absolute atomic E-state index is 0.306. The molecule has 0 spiro atoms. The second kappa shape index (κ2) is 6.57. The van der Waals surface area contributed by atoms with Crippen LogP contribution in [-0.4, -0.2) is 87.3 Å². The highest BCUT2D eigenvalue weighted by atomic mass is 16.7. The normalized spacial score (nSPS) is 40.2. The van der Waals surface area contributed by atoms with Gasteiger partial charge < -0.3 is 40.1 Å². The van der Waals surface area contributed by atoms with Crippen LogP contribution in [0.15, 0.2) is 0 Å². The summed E-state index contributed by atoms with van der Waals surface area (Å²) < 4.78 is 9.93. The SMILES string of the molecule is OC[C@H](O)CO[C@@H]1O[C@H](CO)[C@H](O)[C@@H](O)[C@H]1O. The van der Waals surface area contributed by atoms with Crippen molar-refractivity contribution in [1.29, 1.82) is 0 Å². The van der Waals surface area contributed by atoms with E-state index in [4.69, 9.17) is 24.8 Å². The van der Waals surface area contributed by atoms with E-state index in [1.165, 1.54) is 0 Å². The monoisotopic (exact) mass is 254 g/mol. The number of hydrogen-bond donors (Lipinski definition) is 6. The lowest BCUT2D eigenvalue weighted by Crippen LogP contribution is -2.59. The van der Waals surface area contributed by atoms with Gasteiger partial charge in [-0.3, -0.25) is 0 Å². The van der Waals surface area contributed by atoms with Gasteiger partial charge in [-0.15, -0.1) is 0 Å². The molecule has 0 saturated carbocycles. The van der Waals surface area contributed by atoms with Gasteiger partial charge in [-0.05, 0) is 0 Å². The zero-order valence-corrected chi connectivity index (χ0v) is 9.09. The standard InChI is InChI=1S/C9H18O8/c10-1-4(12)3-16-9-8(15)7(14)6(13)5(2-11)17-9/h4-15H,1-3H2/t4-,5+,6-,7+,8+,9+/m0/s1. The fraction of sp³-hybridized carbons (Fsp3) is 1.00. The Morgan fingerprint density at radius 2 is 1.71 bits per heavy atom. The minimum atomic E-state index is -1.52. The van der Waals surface area contributed by atoms with Gasteiger partial charge in [0.05, 0.1) is 19.8 Å². The fourth-order valence-electron chi connectivity index (χ4n) is 1.46. The van der Waals surface area contributed by atoms with E-state index in [-0.39, 0.29) is 6.61 Å². The second-order valence-corrected chi connectivity index (χ2v) is 3.87. The van der Waals surface area contributed by atoms with Gasteiger partial charge in [0.1, 0.15) is 30.5 Å². The molecule has 0 aromatic heterocycles. The van der Waals surface area contributed by atoms with Crippen molar-refractivity contribution < 1.29 is 40.1 Å². The van der Waals surface area contributed by atoms with E-state index in [0.717, 1.165) is 0 Å². The first-order valence-corrected chi connectivity index (χ1v) is 5.22. The van der Waals surface area contributed by atoms with E-state index in [0.29, 0.717) is 0 Å². The molecular formula is C9H18O8. The third kappa shape index (κ3) is 3.57. The number of aliphatic hydroxyl groups excluding tert-OH is 6. The Kier molecular flexibility index (Phi) is 5.70. The summed E-state index contributed by atoms with van der Waals surface area (Å²) in [4.78, 5) is 0. The van der Waals surface area contributed by atoms with E-state index in [2.05, 4.69) is 0 Å². The molecule has 0 radical (unpaired) electrons. The molecule has 102 valence electrons. The van der Waals surface area contributed by atoms with Gasteiger partial charge >= 0.3 is 0 Å². The van der Waals surface area contributed by atoms with Crippen LogP contribution in [0.2, 0.25) is 0 Å². The van der Waals surface area contributed by atoms with Crippen LogP contribution >= 0.6 is 0 Å². The number of hydrogen-bond acceptors (Lipinski definition) is 8. The first kappa shape index (κ1) is 14.7. The molecule has 1 rings (SSSR count). The van der Waals surface area contributed by atoms with Gasteiger partial charge in [0.2, 0.25) is 0 Å². The van der Waals surface area contributed by atoms with Gasteiger partial charge in [-0.25, -0.2) is 0 Å². The first-order chi connectivity index (χ1) is 8.01. The molecule has 1 heterocycles. The van der Waals surface area contributed by atoms with Crippen molar-refractivity contribution >= 4 is 0 Å². The van der Waals surface area contributed by atoms with Crippen LogP contribution in [0.1, 0.15) is 0 Å². The van der Waals surface area contributed by atoms with Crippen LogP contribution in [0.3, 0.4) is 0 Å². The van der Waals surface area contributed by atoms with Crippen molar-refractivity contribution in [2.75, 3.05) is 19.8 Å². The summed E-state index contributed by atoms with van der Waals surface area (Å²) in [6.45, 7) is -1.37. The molecule has 1 saturated heterocycles. The summed E-state index contributed by atoms with van der Waals surface area (Å²) in [5, 5.41) is 54.9. The summed E-state index contributed by atoms with van der Waals surface area (Å²) >= 11 is 0. The van der Waals surface area contributed by atoms with Gasteiger partial charge in [-0.1, -0.05) is 0 Å². The number of aliphatic hydroxyl groups is 6. The quantitative estimate of drug-likeness (QED) is 0.293. The Morgan fingerprint density at radius 3 is 2.24 bits per heavy atom. The zero-order chi connectivity index (χ0) is 13.0. The topological polar surface area (TPSA) is 140 Å². The summed E-state index contributed by atoms with van der Waals surface area (Å²) in [7, 11) is 0. The molecule has 0 aromatic rings. The average Bonchev–Trinajstić information content (AvgIpc) is 2.34. The number of rotatable bonds is 5. The third-order valence-electron chi connectivity index (χ3n) is 2.51. The van der Waals surface area contributed by atoms with Crippen molar-refractivity contribution in [3.63, 3.8) is 0 Å². The van der Waals surface area contributed by atoms with Crippen LogP contribution in [0, 0.1) is 0 Å². The Morgan fingerprint density at radius 1 is 1.06 bits per heavy atom. The predicted octanol–water partition coefficient (Wildman–Crippen LogP) is -3.84. The van der Waals surface area contributed by atoms with Gasteiger partial charge in [0.25, 0.3) is 0 Å². The molecule has 1 fully saturated rings. The van der Waals surface area contributed by atoms with Gasteiger partial charge in [-0.2, -0.15) is 0 Å². The fourth-order valence-corrected chi connectivity index (χ4v) is 1.46. The molecule has 6 N–H and O–H groups in total. The Labute approximate surface area is 97.6 Å². The van der Waals surface area contributed by atoms with Crippen molar-refractivity contribution in [3.05, 3.63) is 0 Å². The largest absolute Gasteiger partial charge is 0.394 e. The van der Waals surface area contributed by atoms with Crippen LogP contribution in [-0.2, 0) is 9.47 Å². The minimum Gasteiger partial charge on any atom is -0.394 e. The Hall–Kier alpha value is -0.320. The molecule has 0 aliphatic carbocycles. The Bertz CT molecular complexity index is 223. The summed E-state index contributed by atoms with van der Waals surface area (Å²) in [5.41, 5.74) is 0. The lowest BCUT2D eigenvalue weighted by Gasteiger charge is -2.39. The lowest BCUT2D eigenvalue weighted by molar-refractivity contribution is -0.304. The van der Waals surface area contributed by atoms with Crippen LogP contribution < -0.4 is 0 Å². The molecule has 1 aliphatic heterocycles. The highest BCUT2D eigenvalue weighted by Gasteiger charge is 2.44. The second-order valence-electron chi connectivity index (χ2n) is 3.87. The maximum Gasteiger partial charge on any atom is 0.186 e. The maximum absolute atomic E-state index is 9.52. The summed E-state index contributed by atoms with van der Waals surface area (Å²) in [5.74, 6) is 0. The van der Waals surface area contributed by atoms with E-state index in [9.17, 15) is 15.3 Å². The molecule has 17 heavy (non-hydrogen) atoms. The third-order valence-corrected chi connectivity index (χ3v) is 2.51. The molecule has 1 aliphatic rings. The predicted molar refractivity (Wildman–Crippen MR) is 52.8 cm³/mol. The van der Waals surface area contributed by atoms with Crippen molar-refractivity contribution in [3.8, 4) is 0 Å².